The van der Waals surface area contributed by atoms with E-state index in [1.165, 1.54) is 13.1 Å². The first-order valence-electron chi connectivity index (χ1n) is 8.39. The molecular weight excluding hydrogens is 334 g/mol. The number of benzene rings is 1. The summed E-state index contributed by atoms with van der Waals surface area (Å²) in [5.41, 5.74) is 0.293. The molecule has 0 aliphatic carbocycles. The summed E-state index contributed by atoms with van der Waals surface area (Å²) in [5.74, 6) is -0.923. The summed E-state index contributed by atoms with van der Waals surface area (Å²) in [6.45, 7) is 6.85. The molecule has 0 unspecified atom stereocenters. The largest absolute Gasteiger partial charge is 0.444 e. The van der Waals surface area contributed by atoms with Crippen molar-refractivity contribution >= 4 is 17.9 Å². The molecule has 0 aliphatic rings. The molecule has 3 N–H and O–H groups in total. The highest BCUT2D eigenvalue weighted by molar-refractivity contribution is 5.98. The predicted molar refractivity (Wildman–Crippen MR) is 99.3 cm³/mol. The summed E-state index contributed by atoms with van der Waals surface area (Å²) in [6.07, 6.45) is 1.05. The van der Waals surface area contributed by atoms with Crippen LogP contribution in [0, 0.1) is 0 Å². The minimum absolute atomic E-state index is 0.113. The molecule has 0 aliphatic heterocycles. The van der Waals surface area contributed by atoms with E-state index < -0.39 is 29.6 Å². The summed E-state index contributed by atoms with van der Waals surface area (Å²) in [5, 5.41) is 7.57. The monoisotopic (exact) mass is 361 g/mol. The van der Waals surface area contributed by atoms with Gasteiger partial charge in [0.15, 0.2) is 0 Å². The van der Waals surface area contributed by atoms with Crippen LogP contribution in [-0.4, -0.2) is 36.6 Å². The molecule has 0 spiro atoms. The first kappa shape index (κ1) is 21.2. The summed E-state index contributed by atoms with van der Waals surface area (Å²) in [7, 11) is 1.47. The molecule has 26 heavy (non-hydrogen) atoms. The third-order valence-corrected chi connectivity index (χ3v) is 3.31. The van der Waals surface area contributed by atoms with Crippen molar-refractivity contribution in [2.24, 2.45) is 0 Å². The molecule has 0 aromatic heterocycles. The van der Waals surface area contributed by atoms with Gasteiger partial charge >= 0.3 is 6.09 Å². The van der Waals surface area contributed by atoms with E-state index in [0.717, 1.165) is 5.56 Å². The fourth-order valence-electron chi connectivity index (χ4n) is 2.12. The van der Waals surface area contributed by atoms with E-state index in [9.17, 15) is 14.4 Å². The van der Waals surface area contributed by atoms with Crippen LogP contribution in [-0.2, 0) is 20.7 Å². The van der Waals surface area contributed by atoms with Crippen molar-refractivity contribution in [2.45, 2.75) is 45.8 Å². The van der Waals surface area contributed by atoms with Gasteiger partial charge in [-0.05, 0) is 33.3 Å². The molecule has 1 aromatic carbocycles. The number of hydrogen-bond acceptors (Lipinski definition) is 4. The van der Waals surface area contributed by atoms with E-state index >= 15 is 0 Å². The van der Waals surface area contributed by atoms with Crippen molar-refractivity contribution in [3.05, 3.63) is 47.7 Å². The molecule has 142 valence electrons. The Kier molecular flexibility index (Phi) is 7.83. The van der Waals surface area contributed by atoms with Crippen LogP contribution >= 0.6 is 0 Å². The van der Waals surface area contributed by atoms with Crippen LogP contribution in [0.2, 0.25) is 0 Å². The van der Waals surface area contributed by atoms with E-state index in [2.05, 4.69) is 16.0 Å². The second kappa shape index (κ2) is 9.60. The fourth-order valence-corrected chi connectivity index (χ4v) is 2.12. The van der Waals surface area contributed by atoms with E-state index in [1.807, 2.05) is 30.3 Å². The molecule has 0 saturated heterocycles. The molecule has 0 fully saturated rings. The first-order chi connectivity index (χ1) is 12.2. The number of alkyl carbamates (subject to hydrolysis) is 1. The van der Waals surface area contributed by atoms with E-state index in [1.54, 1.807) is 27.7 Å². The average Bonchev–Trinajstić information content (AvgIpc) is 2.57. The van der Waals surface area contributed by atoms with Crippen LogP contribution in [0.5, 0.6) is 0 Å². The van der Waals surface area contributed by atoms with Crippen molar-refractivity contribution in [1.82, 2.24) is 16.0 Å². The number of rotatable bonds is 6. The van der Waals surface area contributed by atoms with Gasteiger partial charge in [-0.1, -0.05) is 36.4 Å². The normalized spacial score (nSPS) is 12.7. The van der Waals surface area contributed by atoms with Crippen molar-refractivity contribution in [3.63, 3.8) is 0 Å². The van der Waals surface area contributed by atoms with Crippen molar-refractivity contribution < 1.29 is 19.1 Å². The molecule has 0 radical (unpaired) electrons. The Morgan fingerprint density at radius 2 is 1.77 bits per heavy atom. The number of amides is 3. The molecule has 1 atom stereocenters. The lowest BCUT2D eigenvalue weighted by Gasteiger charge is -2.23. The van der Waals surface area contributed by atoms with Crippen LogP contribution < -0.4 is 16.0 Å². The Hall–Kier alpha value is -2.83. The van der Waals surface area contributed by atoms with Gasteiger partial charge in [-0.3, -0.25) is 9.59 Å². The van der Waals surface area contributed by atoms with Gasteiger partial charge in [-0.25, -0.2) is 4.79 Å². The van der Waals surface area contributed by atoms with E-state index in [0.29, 0.717) is 0 Å². The minimum Gasteiger partial charge on any atom is -0.444 e. The summed E-state index contributed by atoms with van der Waals surface area (Å²) in [4.78, 5) is 36.5. The van der Waals surface area contributed by atoms with Crippen LogP contribution in [0.25, 0.3) is 0 Å². The fraction of sp³-hybridized carbons (Fsp3) is 0.421. The Morgan fingerprint density at radius 3 is 2.27 bits per heavy atom. The Balaban J connectivity index is 2.93. The lowest BCUT2D eigenvalue weighted by molar-refractivity contribution is -0.125. The van der Waals surface area contributed by atoms with E-state index in [4.69, 9.17) is 4.74 Å². The average molecular weight is 361 g/mol. The number of allylic oxidation sites excluding steroid dienone is 1. The molecule has 7 heteroatoms. The summed E-state index contributed by atoms with van der Waals surface area (Å²) in [6, 6.07) is 8.37. The van der Waals surface area contributed by atoms with Crippen molar-refractivity contribution in [3.8, 4) is 0 Å². The maximum Gasteiger partial charge on any atom is 0.408 e. The highest BCUT2D eigenvalue weighted by Gasteiger charge is 2.26. The maximum atomic E-state index is 12.6. The Labute approximate surface area is 154 Å². The van der Waals surface area contributed by atoms with Gasteiger partial charge < -0.3 is 20.7 Å². The molecule has 1 aromatic rings. The predicted octanol–water partition coefficient (Wildman–Crippen LogP) is 1.89. The molecule has 3 amide bonds. The van der Waals surface area contributed by atoms with Gasteiger partial charge in [0.05, 0.1) is 0 Å². The van der Waals surface area contributed by atoms with Gasteiger partial charge in [0.2, 0.25) is 5.91 Å². The number of ether oxygens (including phenoxy) is 1. The van der Waals surface area contributed by atoms with Gasteiger partial charge in [0, 0.05) is 13.5 Å². The molecule has 0 saturated carbocycles. The minimum atomic E-state index is -0.896. The van der Waals surface area contributed by atoms with Gasteiger partial charge in [-0.2, -0.15) is 0 Å². The van der Waals surface area contributed by atoms with Gasteiger partial charge in [-0.15, -0.1) is 0 Å². The van der Waals surface area contributed by atoms with Crippen molar-refractivity contribution in [2.75, 3.05) is 7.05 Å². The summed E-state index contributed by atoms with van der Waals surface area (Å²) >= 11 is 0. The van der Waals surface area contributed by atoms with Crippen LogP contribution in [0.1, 0.15) is 33.3 Å². The summed E-state index contributed by atoms with van der Waals surface area (Å²) < 4.78 is 5.23. The molecule has 0 bridgehead atoms. The molecule has 0 heterocycles. The highest BCUT2D eigenvalue weighted by Crippen LogP contribution is 2.09. The van der Waals surface area contributed by atoms with Crippen LogP contribution in [0.4, 0.5) is 4.79 Å². The second-order valence-electron chi connectivity index (χ2n) is 6.66. The quantitative estimate of drug-likeness (QED) is 0.674. The third-order valence-electron chi connectivity index (χ3n) is 3.31. The Bertz CT molecular complexity index is 663. The van der Waals surface area contributed by atoms with Crippen LogP contribution in [0.15, 0.2) is 42.1 Å². The number of carbonyl (C=O) groups excluding carboxylic acids is 3. The number of hydrogen-bond donors (Lipinski definition) is 3. The van der Waals surface area contributed by atoms with Crippen LogP contribution in [0.3, 0.4) is 0 Å². The second-order valence-corrected chi connectivity index (χ2v) is 6.66. The topological polar surface area (TPSA) is 96.5 Å². The SMILES string of the molecule is C/C=C(/NC(=O)[C@H](Cc1ccccc1)NC(=O)OC(C)(C)C)C(=O)NC. The third kappa shape index (κ3) is 7.38. The Morgan fingerprint density at radius 1 is 1.15 bits per heavy atom. The first-order valence-corrected chi connectivity index (χ1v) is 8.39. The number of likely N-dealkylation sites (N-methyl/N-ethyl adjacent to an activating group) is 1. The molecule has 7 nitrogen and oxygen atoms in total. The maximum absolute atomic E-state index is 12.6. The highest BCUT2D eigenvalue weighted by atomic mass is 16.6. The lowest BCUT2D eigenvalue weighted by Crippen LogP contribution is -2.50. The van der Waals surface area contributed by atoms with Gasteiger partial charge in [0.1, 0.15) is 17.3 Å². The lowest BCUT2D eigenvalue weighted by atomic mass is 10.1. The zero-order chi connectivity index (χ0) is 19.7. The zero-order valence-electron chi connectivity index (χ0n) is 15.9. The standard InChI is InChI=1S/C19H27N3O4/c1-6-14(16(23)20-5)21-17(24)15(12-13-10-8-7-9-11-13)22-18(25)26-19(2,3)4/h6-11,15H,12H2,1-5H3,(H,20,23)(H,21,24)(H,22,25)/b14-6+/t15-/m0/s1. The number of nitrogens with one attached hydrogen (secondary N) is 3. The van der Waals surface area contributed by atoms with Gasteiger partial charge in [0.25, 0.3) is 5.91 Å². The smallest absolute Gasteiger partial charge is 0.408 e. The van der Waals surface area contributed by atoms with Crippen molar-refractivity contribution in [1.29, 1.82) is 0 Å². The van der Waals surface area contributed by atoms with E-state index in [-0.39, 0.29) is 12.1 Å². The molecular formula is C19H27N3O4. The molecule has 1 rings (SSSR count). The number of carbonyl (C=O) groups is 3. The zero-order valence-corrected chi connectivity index (χ0v) is 15.9.